The molecule has 1 N–H and O–H groups in total. The van der Waals surface area contributed by atoms with E-state index >= 15 is 0 Å². The van der Waals surface area contributed by atoms with Gasteiger partial charge >= 0.3 is 0 Å². The van der Waals surface area contributed by atoms with E-state index < -0.39 is 0 Å². The molecule has 1 aliphatic heterocycles. The summed E-state index contributed by atoms with van der Waals surface area (Å²) < 4.78 is 0. The second kappa shape index (κ2) is 8.75. The summed E-state index contributed by atoms with van der Waals surface area (Å²) in [7, 11) is 0. The maximum atomic E-state index is 12.5. The van der Waals surface area contributed by atoms with Crippen molar-refractivity contribution in [1.29, 1.82) is 0 Å². The molecule has 0 aliphatic carbocycles. The van der Waals surface area contributed by atoms with Crippen LogP contribution in [-0.4, -0.2) is 30.4 Å². The molecule has 0 saturated carbocycles. The van der Waals surface area contributed by atoms with Crippen molar-refractivity contribution in [1.82, 2.24) is 4.90 Å². The normalized spacial score (nSPS) is 18.1. The zero-order valence-electron chi connectivity index (χ0n) is 14.4. The largest absolute Gasteiger partial charge is 0.324 e. The Hall–Kier alpha value is -1.49. The Labute approximate surface area is 158 Å². The lowest BCUT2D eigenvalue weighted by Crippen LogP contribution is -2.39. The molecule has 1 amide bonds. The molecule has 132 valence electrons. The van der Waals surface area contributed by atoms with Crippen LogP contribution < -0.4 is 5.32 Å². The summed E-state index contributed by atoms with van der Waals surface area (Å²) in [6.45, 7) is 4.74. The zero-order valence-corrected chi connectivity index (χ0v) is 15.9. The van der Waals surface area contributed by atoms with Crippen LogP contribution in [-0.2, 0) is 4.79 Å². The number of hydrogen-bond acceptors (Lipinski definition) is 3. The average molecular weight is 375 g/mol. The highest BCUT2D eigenvalue weighted by atomic mass is 35.5. The van der Waals surface area contributed by atoms with Crippen LogP contribution in [0.4, 0.5) is 5.69 Å². The summed E-state index contributed by atoms with van der Waals surface area (Å²) in [5.41, 5.74) is 0.859. The molecule has 3 rings (SSSR count). The van der Waals surface area contributed by atoms with Crippen LogP contribution in [0.3, 0.4) is 0 Å². The first-order chi connectivity index (χ1) is 12.1. The third-order valence-electron chi connectivity index (χ3n) is 4.31. The highest BCUT2D eigenvalue weighted by molar-refractivity contribution is 7.99. The first kappa shape index (κ1) is 18.3. The van der Waals surface area contributed by atoms with Crippen LogP contribution >= 0.6 is 23.4 Å². The molecule has 25 heavy (non-hydrogen) atoms. The lowest BCUT2D eigenvalue weighted by molar-refractivity contribution is -0.117. The molecule has 2 aromatic rings. The van der Waals surface area contributed by atoms with E-state index in [1.54, 1.807) is 11.8 Å². The van der Waals surface area contributed by atoms with Gasteiger partial charge in [0.2, 0.25) is 5.91 Å². The number of hydrogen-bond donors (Lipinski definition) is 1. The Balaban J connectivity index is 1.64. The van der Waals surface area contributed by atoms with Gasteiger partial charge in [0.15, 0.2) is 0 Å². The number of carbonyl (C=O) groups excluding carboxylic acids is 1. The molecule has 1 fully saturated rings. The number of anilines is 1. The van der Waals surface area contributed by atoms with Crippen LogP contribution in [0.15, 0.2) is 58.3 Å². The molecule has 5 heteroatoms. The molecular formula is C20H23ClN2OS. The van der Waals surface area contributed by atoms with Gasteiger partial charge in [-0.3, -0.25) is 9.69 Å². The minimum absolute atomic E-state index is 0.0539. The van der Waals surface area contributed by atoms with Crippen LogP contribution in [0.5, 0.6) is 0 Å². The number of nitrogens with zero attached hydrogens (tertiary/aromatic N) is 1. The van der Waals surface area contributed by atoms with Crippen molar-refractivity contribution in [2.24, 2.45) is 5.92 Å². The summed E-state index contributed by atoms with van der Waals surface area (Å²) in [6.07, 6.45) is 2.44. The van der Waals surface area contributed by atoms with Gasteiger partial charge < -0.3 is 5.32 Å². The van der Waals surface area contributed by atoms with E-state index in [0.717, 1.165) is 33.6 Å². The van der Waals surface area contributed by atoms with Crippen molar-refractivity contribution in [3.63, 3.8) is 0 Å². The van der Waals surface area contributed by atoms with Crippen LogP contribution in [0.2, 0.25) is 5.02 Å². The standard InChI is InChI=1S/C20H23ClN2OS/c1-15-5-4-12-23(13-15)14-20(24)22-18-6-2-3-7-19(18)25-17-10-8-16(21)9-11-17/h2-3,6-11,15H,4-5,12-14H2,1H3,(H,22,24). The van der Waals surface area contributed by atoms with Crippen molar-refractivity contribution >= 4 is 35.0 Å². The molecule has 3 nitrogen and oxygen atoms in total. The van der Waals surface area contributed by atoms with Gasteiger partial charge in [-0.25, -0.2) is 0 Å². The Morgan fingerprint density at radius 3 is 2.76 bits per heavy atom. The molecule has 1 saturated heterocycles. The minimum atomic E-state index is 0.0539. The molecule has 1 aliphatic rings. The van der Waals surface area contributed by atoms with Crippen molar-refractivity contribution in [2.45, 2.75) is 29.6 Å². The Bertz CT molecular complexity index is 720. The number of rotatable bonds is 5. The van der Waals surface area contributed by atoms with E-state index in [1.807, 2.05) is 48.5 Å². The molecular weight excluding hydrogens is 352 g/mol. The topological polar surface area (TPSA) is 32.3 Å². The number of likely N-dealkylation sites (tertiary alicyclic amines) is 1. The molecule has 0 radical (unpaired) electrons. The maximum Gasteiger partial charge on any atom is 0.238 e. The number of halogens is 1. The predicted octanol–water partition coefficient (Wildman–Crippen LogP) is 5.16. The van der Waals surface area contributed by atoms with Gasteiger partial charge in [-0.1, -0.05) is 42.4 Å². The quantitative estimate of drug-likeness (QED) is 0.784. The van der Waals surface area contributed by atoms with Crippen molar-refractivity contribution in [2.75, 3.05) is 25.0 Å². The second-order valence-electron chi connectivity index (χ2n) is 6.58. The summed E-state index contributed by atoms with van der Waals surface area (Å²) in [6, 6.07) is 15.6. The first-order valence-electron chi connectivity index (χ1n) is 8.65. The van der Waals surface area contributed by atoms with Gasteiger partial charge in [0.25, 0.3) is 0 Å². The van der Waals surface area contributed by atoms with E-state index in [0.29, 0.717) is 12.5 Å². The first-order valence-corrected chi connectivity index (χ1v) is 9.84. The molecule has 1 unspecified atom stereocenters. The van der Waals surface area contributed by atoms with Crippen molar-refractivity contribution in [3.8, 4) is 0 Å². The second-order valence-corrected chi connectivity index (χ2v) is 8.13. The fourth-order valence-electron chi connectivity index (χ4n) is 3.11. The van der Waals surface area contributed by atoms with Gasteiger partial charge in [-0.2, -0.15) is 0 Å². The number of para-hydroxylation sites is 1. The Morgan fingerprint density at radius 2 is 2.00 bits per heavy atom. The van der Waals surface area contributed by atoms with Crippen LogP contribution in [0.1, 0.15) is 19.8 Å². The lowest BCUT2D eigenvalue weighted by Gasteiger charge is -2.30. The van der Waals surface area contributed by atoms with Gasteiger partial charge in [0.1, 0.15) is 0 Å². The number of benzene rings is 2. The van der Waals surface area contributed by atoms with E-state index in [1.165, 1.54) is 12.8 Å². The average Bonchev–Trinajstić information content (AvgIpc) is 2.58. The molecule has 1 atom stereocenters. The third kappa shape index (κ3) is 5.50. The molecule has 1 heterocycles. The molecule has 2 aromatic carbocycles. The van der Waals surface area contributed by atoms with Crippen molar-refractivity contribution < 1.29 is 4.79 Å². The van der Waals surface area contributed by atoms with E-state index in [4.69, 9.17) is 11.6 Å². The summed E-state index contributed by atoms with van der Waals surface area (Å²) in [5, 5.41) is 3.80. The summed E-state index contributed by atoms with van der Waals surface area (Å²) >= 11 is 7.57. The van der Waals surface area contributed by atoms with Crippen molar-refractivity contribution in [3.05, 3.63) is 53.6 Å². The maximum absolute atomic E-state index is 12.5. The summed E-state index contributed by atoms with van der Waals surface area (Å²) in [4.78, 5) is 16.8. The van der Waals surface area contributed by atoms with Crippen LogP contribution in [0.25, 0.3) is 0 Å². The molecule has 0 bridgehead atoms. The van der Waals surface area contributed by atoms with Crippen LogP contribution in [0, 0.1) is 5.92 Å². The van der Waals surface area contributed by atoms with E-state index in [9.17, 15) is 4.79 Å². The van der Waals surface area contributed by atoms with Gasteiger partial charge in [0.05, 0.1) is 12.2 Å². The van der Waals surface area contributed by atoms with E-state index in [2.05, 4.69) is 17.1 Å². The minimum Gasteiger partial charge on any atom is -0.324 e. The number of amides is 1. The summed E-state index contributed by atoms with van der Waals surface area (Å²) in [5.74, 6) is 0.729. The highest BCUT2D eigenvalue weighted by Crippen LogP contribution is 2.33. The SMILES string of the molecule is CC1CCCN(CC(=O)Nc2ccccc2Sc2ccc(Cl)cc2)C1. The Morgan fingerprint density at radius 1 is 1.24 bits per heavy atom. The Kier molecular flexibility index (Phi) is 6.40. The predicted molar refractivity (Wildman–Crippen MR) is 105 cm³/mol. The van der Waals surface area contributed by atoms with Gasteiger partial charge in [0, 0.05) is 21.4 Å². The van der Waals surface area contributed by atoms with Gasteiger partial charge in [-0.05, 0) is 61.7 Å². The molecule has 0 aromatic heterocycles. The zero-order chi connectivity index (χ0) is 17.6. The third-order valence-corrected chi connectivity index (χ3v) is 5.65. The smallest absolute Gasteiger partial charge is 0.238 e. The lowest BCUT2D eigenvalue weighted by atomic mass is 10.0. The molecule has 0 spiro atoms. The monoisotopic (exact) mass is 374 g/mol. The fourth-order valence-corrected chi connectivity index (χ4v) is 4.14. The highest BCUT2D eigenvalue weighted by Gasteiger charge is 2.19. The number of nitrogens with one attached hydrogen (secondary N) is 1. The fraction of sp³-hybridized carbons (Fsp3) is 0.350. The number of carbonyl (C=O) groups is 1. The van der Waals surface area contributed by atoms with Gasteiger partial charge in [-0.15, -0.1) is 0 Å². The van der Waals surface area contributed by atoms with E-state index in [-0.39, 0.29) is 5.91 Å². The number of piperidine rings is 1.